The number of hydrogen-bond donors (Lipinski definition) is 1. The molecule has 3 atom stereocenters. The third-order valence-electron chi connectivity index (χ3n) is 4.85. The largest absolute Gasteiger partial charge is 0.336 e. The summed E-state index contributed by atoms with van der Waals surface area (Å²) in [6.45, 7) is 5.16. The van der Waals surface area contributed by atoms with E-state index in [2.05, 4.69) is 30.9 Å². The van der Waals surface area contributed by atoms with Gasteiger partial charge in [0.25, 0.3) is 0 Å². The Hall–Kier alpha value is -1.35. The molecule has 0 aromatic heterocycles. The molecule has 1 amide bonds. The number of carbonyl (C=O) groups is 1. The van der Waals surface area contributed by atoms with Crippen LogP contribution < -0.4 is 5.73 Å². The van der Waals surface area contributed by atoms with E-state index in [-0.39, 0.29) is 18.0 Å². The smallest absolute Gasteiger partial charge is 0.226 e. The molecule has 22 heavy (non-hydrogen) atoms. The van der Waals surface area contributed by atoms with Gasteiger partial charge in [0.2, 0.25) is 5.91 Å². The highest BCUT2D eigenvalue weighted by Gasteiger charge is 2.31. The molecule has 0 heterocycles. The molecule has 2 N–H and O–H groups in total. The molecule has 3 nitrogen and oxygen atoms in total. The lowest BCUT2D eigenvalue weighted by Crippen LogP contribution is -2.42. The zero-order valence-corrected chi connectivity index (χ0v) is 14.0. The molecule has 3 unspecified atom stereocenters. The van der Waals surface area contributed by atoms with Gasteiger partial charge in [0, 0.05) is 18.5 Å². The van der Waals surface area contributed by atoms with Gasteiger partial charge in [-0.3, -0.25) is 4.79 Å². The molecule has 0 aliphatic heterocycles. The van der Waals surface area contributed by atoms with Gasteiger partial charge in [-0.2, -0.15) is 0 Å². The number of carbonyl (C=O) groups excluding carboxylic acids is 1. The summed E-state index contributed by atoms with van der Waals surface area (Å²) in [7, 11) is 0. The summed E-state index contributed by atoms with van der Waals surface area (Å²) >= 11 is 0. The van der Waals surface area contributed by atoms with Gasteiger partial charge in [-0.15, -0.1) is 0 Å². The van der Waals surface area contributed by atoms with Crippen molar-refractivity contribution >= 4 is 5.91 Å². The van der Waals surface area contributed by atoms with E-state index in [9.17, 15) is 4.79 Å². The number of hydrogen-bond acceptors (Lipinski definition) is 2. The Balaban J connectivity index is 2.12. The number of amides is 1. The molecule has 0 spiro atoms. The second-order valence-corrected chi connectivity index (χ2v) is 6.60. The Morgan fingerprint density at radius 2 is 2.05 bits per heavy atom. The minimum atomic E-state index is 0.117. The lowest BCUT2D eigenvalue weighted by atomic mass is 9.85. The van der Waals surface area contributed by atoms with Crippen molar-refractivity contribution in [3.63, 3.8) is 0 Å². The Morgan fingerprint density at radius 1 is 1.32 bits per heavy atom. The van der Waals surface area contributed by atoms with Gasteiger partial charge < -0.3 is 10.6 Å². The summed E-state index contributed by atoms with van der Waals surface area (Å²) in [5.41, 5.74) is 7.29. The predicted molar refractivity (Wildman–Crippen MR) is 91.4 cm³/mol. The summed E-state index contributed by atoms with van der Waals surface area (Å²) in [6.07, 6.45) is 6.16. The fourth-order valence-electron chi connectivity index (χ4n) is 3.42. The summed E-state index contributed by atoms with van der Waals surface area (Å²) in [5, 5.41) is 0. The lowest BCUT2D eigenvalue weighted by molar-refractivity contribution is -0.139. The van der Waals surface area contributed by atoms with Crippen LogP contribution in [0.15, 0.2) is 30.3 Å². The van der Waals surface area contributed by atoms with E-state index >= 15 is 0 Å². The van der Waals surface area contributed by atoms with E-state index in [1.165, 1.54) is 5.56 Å². The summed E-state index contributed by atoms with van der Waals surface area (Å²) in [6, 6.07) is 10.7. The van der Waals surface area contributed by atoms with E-state index in [0.717, 1.165) is 45.1 Å². The summed E-state index contributed by atoms with van der Waals surface area (Å²) in [4.78, 5) is 15.1. The van der Waals surface area contributed by atoms with E-state index in [1.54, 1.807) is 0 Å². The molecule has 2 rings (SSSR count). The fraction of sp³-hybridized carbons (Fsp3) is 0.632. The predicted octanol–water partition coefficient (Wildman–Crippen LogP) is 3.89. The number of nitrogens with two attached hydrogens (primary N) is 1. The molecule has 1 aromatic carbocycles. The number of rotatable bonds is 6. The fourth-order valence-corrected chi connectivity index (χ4v) is 3.42. The summed E-state index contributed by atoms with van der Waals surface area (Å²) < 4.78 is 0. The van der Waals surface area contributed by atoms with Crippen molar-refractivity contribution < 1.29 is 4.79 Å². The second kappa shape index (κ2) is 8.33. The number of benzene rings is 1. The first-order valence-electron chi connectivity index (χ1n) is 8.74. The zero-order chi connectivity index (χ0) is 15.9. The molecule has 1 aromatic rings. The first-order valence-corrected chi connectivity index (χ1v) is 8.74. The van der Waals surface area contributed by atoms with E-state index < -0.39 is 0 Å². The minimum Gasteiger partial charge on any atom is -0.336 e. The van der Waals surface area contributed by atoms with Crippen molar-refractivity contribution in [1.29, 1.82) is 0 Å². The van der Waals surface area contributed by atoms with Gasteiger partial charge in [-0.1, -0.05) is 50.1 Å². The van der Waals surface area contributed by atoms with Gasteiger partial charge in [0.15, 0.2) is 0 Å². The van der Waals surface area contributed by atoms with Gasteiger partial charge in [0.05, 0.1) is 6.04 Å². The maximum atomic E-state index is 13.0. The Bertz CT molecular complexity index is 460. The molecule has 122 valence electrons. The topological polar surface area (TPSA) is 46.3 Å². The van der Waals surface area contributed by atoms with Crippen molar-refractivity contribution in [1.82, 2.24) is 4.90 Å². The van der Waals surface area contributed by atoms with E-state index in [4.69, 9.17) is 5.73 Å². The van der Waals surface area contributed by atoms with Crippen LogP contribution in [0.1, 0.15) is 64.0 Å². The van der Waals surface area contributed by atoms with Gasteiger partial charge in [-0.25, -0.2) is 0 Å². The third kappa shape index (κ3) is 4.33. The van der Waals surface area contributed by atoms with Gasteiger partial charge in [0.1, 0.15) is 0 Å². The average Bonchev–Trinajstić information content (AvgIpc) is 2.55. The van der Waals surface area contributed by atoms with Crippen molar-refractivity contribution in [2.75, 3.05) is 6.54 Å². The minimum absolute atomic E-state index is 0.117. The lowest BCUT2D eigenvalue weighted by Gasteiger charge is -2.35. The van der Waals surface area contributed by atoms with Crippen molar-refractivity contribution in [3.8, 4) is 0 Å². The van der Waals surface area contributed by atoms with Crippen molar-refractivity contribution in [2.24, 2.45) is 11.7 Å². The van der Waals surface area contributed by atoms with Crippen LogP contribution in [-0.4, -0.2) is 23.4 Å². The van der Waals surface area contributed by atoms with Crippen LogP contribution in [0.4, 0.5) is 0 Å². The standard InChI is InChI=1S/C19H30N2O/c1-3-4-13-21(15(2)16-9-6-5-7-10-16)19(22)17-11-8-12-18(20)14-17/h5-7,9-10,15,17-18H,3-4,8,11-14,20H2,1-2H3. The van der Waals surface area contributed by atoms with Crippen LogP contribution in [0.5, 0.6) is 0 Å². The maximum absolute atomic E-state index is 13.0. The molecule has 3 heteroatoms. The average molecular weight is 302 g/mol. The molecule has 1 aliphatic rings. The zero-order valence-electron chi connectivity index (χ0n) is 14.0. The molecule has 0 saturated heterocycles. The first-order chi connectivity index (χ1) is 10.6. The van der Waals surface area contributed by atoms with E-state index in [1.807, 2.05) is 18.2 Å². The highest BCUT2D eigenvalue weighted by atomic mass is 16.2. The molecule has 0 radical (unpaired) electrons. The SMILES string of the molecule is CCCCN(C(=O)C1CCCC(N)C1)C(C)c1ccccc1. The van der Waals surface area contributed by atoms with E-state index in [0.29, 0.717) is 5.91 Å². The Kier molecular flexibility index (Phi) is 6.44. The van der Waals surface area contributed by atoms with Crippen LogP contribution in [0.25, 0.3) is 0 Å². The molecule has 1 aliphatic carbocycles. The molecule has 1 fully saturated rings. The Labute approximate surface area is 134 Å². The second-order valence-electron chi connectivity index (χ2n) is 6.60. The number of nitrogens with zero attached hydrogens (tertiary/aromatic N) is 1. The van der Waals surface area contributed by atoms with Gasteiger partial charge in [-0.05, 0) is 38.2 Å². The van der Waals surface area contributed by atoms with Crippen LogP contribution in [0.3, 0.4) is 0 Å². The molecule has 1 saturated carbocycles. The first kappa shape index (κ1) is 17.0. The number of unbranched alkanes of at least 4 members (excludes halogenated alkanes) is 1. The van der Waals surface area contributed by atoms with Crippen LogP contribution in [0.2, 0.25) is 0 Å². The normalized spacial score (nSPS) is 23.0. The highest BCUT2D eigenvalue weighted by molar-refractivity contribution is 5.79. The molecule has 0 bridgehead atoms. The molecular weight excluding hydrogens is 272 g/mol. The molecular formula is C19H30N2O. The quantitative estimate of drug-likeness (QED) is 0.866. The van der Waals surface area contributed by atoms with Crippen LogP contribution in [-0.2, 0) is 4.79 Å². The summed E-state index contributed by atoms with van der Waals surface area (Å²) in [5.74, 6) is 0.423. The van der Waals surface area contributed by atoms with Crippen LogP contribution in [0, 0.1) is 5.92 Å². The van der Waals surface area contributed by atoms with Crippen LogP contribution >= 0.6 is 0 Å². The van der Waals surface area contributed by atoms with Crippen molar-refractivity contribution in [3.05, 3.63) is 35.9 Å². The Morgan fingerprint density at radius 3 is 2.68 bits per heavy atom. The monoisotopic (exact) mass is 302 g/mol. The maximum Gasteiger partial charge on any atom is 0.226 e. The third-order valence-corrected chi connectivity index (χ3v) is 4.85. The highest BCUT2D eigenvalue weighted by Crippen LogP contribution is 2.29. The van der Waals surface area contributed by atoms with Gasteiger partial charge >= 0.3 is 0 Å². The van der Waals surface area contributed by atoms with Crippen molar-refractivity contribution in [2.45, 2.75) is 64.5 Å².